The second-order valence-corrected chi connectivity index (χ2v) is 4.06. The first-order valence-electron chi connectivity index (χ1n) is 5.40. The second kappa shape index (κ2) is 4.41. The number of hydrogen-bond donors (Lipinski definition) is 1. The van der Waals surface area contributed by atoms with Crippen LogP contribution in [0.4, 0.5) is 0 Å². The topological polar surface area (TPSA) is 55.1 Å². The smallest absolute Gasteiger partial charge is 0.328 e. The monoisotopic (exact) mass is 230 g/mol. The van der Waals surface area contributed by atoms with Crippen molar-refractivity contribution in [2.45, 2.75) is 20.4 Å². The van der Waals surface area contributed by atoms with Crippen LogP contribution in [0.15, 0.2) is 35.9 Å². The molecule has 0 aliphatic rings. The van der Waals surface area contributed by atoms with Crippen molar-refractivity contribution in [1.82, 2.24) is 9.55 Å². The Hall–Kier alpha value is -2.10. The van der Waals surface area contributed by atoms with Gasteiger partial charge in [0.1, 0.15) is 5.82 Å². The van der Waals surface area contributed by atoms with Crippen LogP contribution < -0.4 is 0 Å². The number of aliphatic carboxylic acids is 1. The maximum absolute atomic E-state index is 10.6. The summed E-state index contributed by atoms with van der Waals surface area (Å²) in [5, 5.41) is 8.69. The van der Waals surface area contributed by atoms with Crippen LogP contribution in [0.25, 0.3) is 11.0 Å². The van der Waals surface area contributed by atoms with E-state index in [-0.39, 0.29) is 0 Å². The minimum absolute atomic E-state index is 0.554. The van der Waals surface area contributed by atoms with E-state index in [0.29, 0.717) is 6.54 Å². The molecule has 0 unspecified atom stereocenters. The number of carboxylic acid groups (broad SMARTS) is 1. The zero-order chi connectivity index (χ0) is 12.4. The zero-order valence-corrected chi connectivity index (χ0v) is 9.84. The predicted molar refractivity (Wildman–Crippen MR) is 65.9 cm³/mol. The van der Waals surface area contributed by atoms with Crippen molar-refractivity contribution >= 4 is 17.0 Å². The molecular formula is C13H14N2O2. The van der Waals surface area contributed by atoms with Gasteiger partial charge in [-0.05, 0) is 31.6 Å². The Labute approximate surface area is 99.2 Å². The van der Waals surface area contributed by atoms with Crippen molar-refractivity contribution in [3.05, 3.63) is 41.7 Å². The Balaban J connectivity index is 2.42. The van der Waals surface area contributed by atoms with Gasteiger partial charge in [-0.1, -0.05) is 12.1 Å². The number of allylic oxidation sites excluding steroid dienone is 1. The van der Waals surface area contributed by atoms with Crippen molar-refractivity contribution in [2.24, 2.45) is 0 Å². The molecule has 2 aromatic rings. The summed E-state index contributed by atoms with van der Waals surface area (Å²) in [4.78, 5) is 15.0. The summed E-state index contributed by atoms with van der Waals surface area (Å²) in [6, 6.07) is 7.84. The van der Waals surface area contributed by atoms with E-state index < -0.39 is 5.97 Å². The van der Waals surface area contributed by atoms with Crippen LogP contribution in [0.2, 0.25) is 0 Å². The van der Waals surface area contributed by atoms with Crippen LogP contribution in [0, 0.1) is 6.92 Å². The van der Waals surface area contributed by atoms with E-state index in [0.717, 1.165) is 22.4 Å². The van der Waals surface area contributed by atoms with Crippen molar-refractivity contribution in [1.29, 1.82) is 0 Å². The van der Waals surface area contributed by atoms with Gasteiger partial charge in [-0.2, -0.15) is 0 Å². The minimum Gasteiger partial charge on any atom is -0.478 e. The van der Waals surface area contributed by atoms with Gasteiger partial charge in [0.2, 0.25) is 0 Å². The number of aromatic nitrogens is 2. The van der Waals surface area contributed by atoms with Gasteiger partial charge in [0.25, 0.3) is 0 Å². The third-order valence-electron chi connectivity index (χ3n) is 2.62. The van der Waals surface area contributed by atoms with Gasteiger partial charge in [0.05, 0.1) is 11.0 Å². The average molecular weight is 230 g/mol. The van der Waals surface area contributed by atoms with Crippen molar-refractivity contribution in [2.75, 3.05) is 0 Å². The molecule has 1 aromatic heterocycles. The van der Waals surface area contributed by atoms with Gasteiger partial charge in [-0.15, -0.1) is 0 Å². The van der Waals surface area contributed by atoms with E-state index >= 15 is 0 Å². The van der Waals surface area contributed by atoms with Crippen LogP contribution in [0.3, 0.4) is 0 Å². The van der Waals surface area contributed by atoms with Gasteiger partial charge < -0.3 is 9.67 Å². The first-order valence-corrected chi connectivity index (χ1v) is 5.40. The van der Waals surface area contributed by atoms with Crippen molar-refractivity contribution < 1.29 is 9.90 Å². The maximum atomic E-state index is 10.6. The Morgan fingerprint density at radius 3 is 2.88 bits per heavy atom. The highest BCUT2D eigenvalue weighted by molar-refractivity contribution is 5.80. The van der Waals surface area contributed by atoms with E-state index in [1.165, 1.54) is 6.08 Å². The number of aryl methyl sites for hydroxylation is 1. The molecule has 2 rings (SSSR count). The van der Waals surface area contributed by atoms with Crippen LogP contribution in [0.5, 0.6) is 0 Å². The molecule has 0 aliphatic carbocycles. The molecule has 0 spiro atoms. The fourth-order valence-corrected chi connectivity index (χ4v) is 1.90. The molecule has 0 saturated heterocycles. The third-order valence-corrected chi connectivity index (χ3v) is 2.62. The fraction of sp³-hybridized carbons (Fsp3) is 0.231. The van der Waals surface area contributed by atoms with E-state index in [4.69, 9.17) is 5.11 Å². The number of rotatable bonds is 3. The number of carbonyl (C=O) groups is 1. The minimum atomic E-state index is -0.912. The quantitative estimate of drug-likeness (QED) is 0.823. The highest BCUT2D eigenvalue weighted by atomic mass is 16.4. The highest BCUT2D eigenvalue weighted by Crippen LogP contribution is 2.16. The van der Waals surface area contributed by atoms with Crippen LogP contribution in [-0.4, -0.2) is 20.6 Å². The lowest BCUT2D eigenvalue weighted by Crippen LogP contribution is -2.03. The summed E-state index contributed by atoms with van der Waals surface area (Å²) in [6.45, 7) is 4.29. The molecule has 0 radical (unpaired) electrons. The summed E-state index contributed by atoms with van der Waals surface area (Å²) >= 11 is 0. The molecule has 17 heavy (non-hydrogen) atoms. The molecule has 88 valence electrons. The molecule has 0 bridgehead atoms. The average Bonchev–Trinajstić information content (AvgIpc) is 2.55. The van der Waals surface area contributed by atoms with E-state index in [1.807, 2.05) is 42.7 Å². The summed E-state index contributed by atoms with van der Waals surface area (Å²) < 4.78 is 2.02. The summed E-state index contributed by atoms with van der Waals surface area (Å²) in [7, 11) is 0. The van der Waals surface area contributed by atoms with Gasteiger partial charge in [-0.25, -0.2) is 9.78 Å². The number of carboxylic acids is 1. The van der Waals surface area contributed by atoms with Crippen LogP contribution >= 0.6 is 0 Å². The Kier molecular flexibility index (Phi) is 2.95. The molecule has 0 aliphatic heterocycles. The Bertz CT molecular complexity index is 596. The van der Waals surface area contributed by atoms with Crippen molar-refractivity contribution in [3.8, 4) is 0 Å². The number of fused-ring (bicyclic) bond motifs is 1. The van der Waals surface area contributed by atoms with Gasteiger partial charge in [-0.3, -0.25) is 0 Å². The number of hydrogen-bond acceptors (Lipinski definition) is 2. The van der Waals surface area contributed by atoms with Crippen LogP contribution in [-0.2, 0) is 11.3 Å². The lowest BCUT2D eigenvalue weighted by atomic mass is 10.2. The van der Waals surface area contributed by atoms with Crippen molar-refractivity contribution in [3.63, 3.8) is 0 Å². The lowest BCUT2D eigenvalue weighted by Gasteiger charge is -2.06. The molecule has 1 N–H and O–H groups in total. The molecule has 0 fully saturated rings. The molecule has 1 aromatic carbocycles. The molecule has 1 heterocycles. The van der Waals surface area contributed by atoms with E-state index in [1.54, 1.807) is 0 Å². The normalized spacial score (nSPS) is 12.0. The van der Waals surface area contributed by atoms with Gasteiger partial charge >= 0.3 is 5.97 Å². The summed E-state index contributed by atoms with van der Waals surface area (Å²) in [5.41, 5.74) is 2.76. The number of benzene rings is 1. The molecule has 4 heteroatoms. The summed E-state index contributed by atoms with van der Waals surface area (Å²) in [5.74, 6) is -0.0195. The largest absolute Gasteiger partial charge is 0.478 e. The SMILES string of the molecule is CC(=CC(=O)O)Cn1c(C)nc2ccccc21. The van der Waals surface area contributed by atoms with E-state index in [9.17, 15) is 4.79 Å². The molecule has 4 nitrogen and oxygen atoms in total. The molecule has 0 atom stereocenters. The second-order valence-electron chi connectivity index (χ2n) is 4.06. The predicted octanol–water partition coefficient (Wildman–Crippen LogP) is 2.38. The number of imidazole rings is 1. The molecule has 0 saturated carbocycles. The Morgan fingerprint density at radius 2 is 2.18 bits per heavy atom. The first kappa shape index (κ1) is 11.4. The van der Waals surface area contributed by atoms with E-state index in [2.05, 4.69) is 4.98 Å². The molecule has 0 amide bonds. The van der Waals surface area contributed by atoms with Gasteiger partial charge in [0, 0.05) is 12.6 Å². The third kappa shape index (κ3) is 2.36. The standard InChI is InChI=1S/C13H14N2O2/c1-9(7-13(16)17)8-15-10(2)14-11-5-3-4-6-12(11)15/h3-7H,8H2,1-2H3,(H,16,17). The molecular weight excluding hydrogens is 216 g/mol. The fourth-order valence-electron chi connectivity index (χ4n) is 1.90. The lowest BCUT2D eigenvalue weighted by molar-refractivity contribution is -0.131. The highest BCUT2D eigenvalue weighted by Gasteiger charge is 2.07. The first-order chi connectivity index (χ1) is 8.08. The zero-order valence-electron chi connectivity index (χ0n) is 9.84. The Morgan fingerprint density at radius 1 is 1.47 bits per heavy atom. The number of para-hydroxylation sites is 2. The summed E-state index contributed by atoms with van der Waals surface area (Å²) in [6.07, 6.45) is 1.23. The number of nitrogens with zero attached hydrogens (tertiary/aromatic N) is 2. The maximum Gasteiger partial charge on any atom is 0.328 e. The van der Waals surface area contributed by atoms with Gasteiger partial charge in [0.15, 0.2) is 0 Å². The van der Waals surface area contributed by atoms with Crippen LogP contribution in [0.1, 0.15) is 12.7 Å².